The Bertz CT molecular complexity index is 960. The minimum absolute atomic E-state index is 0.208. The van der Waals surface area contributed by atoms with Crippen molar-refractivity contribution in [2.24, 2.45) is 0 Å². The number of pyridine rings is 1. The van der Waals surface area contributed by atoms with Crippen LogP contribution in [0.15, 0.2) is 30.5 Å². The van der Waals surface area contributed by atoms with Gasteiger partial charge in [0, 0.05) is 23.7 Å². The first kappa shape index (κ1) is 20.6. The number of hydrogen-bond donors (Lipinski definition) is 1. The number of ether oxygens (including phenoxy) is 1. The standard InChI is InChI=1S/C20H20F3N3O3/c1-4-17(27)25-18-15-10-26(19(28)14(15)7-8-24-18)12(3)13-5-6-16(11(2)9-13)29-20(21,22)23/h5-9,12H,4,10H2,1-3H3,(H,24,25,27). The van der Waals surface area contributed by atoms with Gasteiger partial charge in [-0.1, -0.05) is 19.1 Å². The second kappa shape index (κ2) is 7.73. The van der Waals surface area contributed by atoms with Crippen molar-refractivity contribution in [1.82, 2.24) is 9.88 Å². The first-order valence-corrected chi connectivity index (χ1v) is 9.05. The number of carbonyl (C=O) groups excluding carboxylic acids is 2. The normalized spacial score (nSPS) is 14.6. The lowest BCUT2D eigenvalue weighted by Crippen LogP contribution is -2.27. The number of amides is 2. The highest BCUT2D eigenvalue weighted by Crippen LogP contribution is 2.35. The predicted molar refractivity (Wildman–Crippen MR) is 99.3 cm³/mol. The Balaban J connectivity index is 1.84. The third kappa shape index (κ3) is 4.33. The van der Waals surface area contributed by atoms with E-state index < -0.39 is 12.4 Å². The number of aromatic nitrogens is 1. The second-order valence-electron chi connectivity index (χ2n) is 6.77. The zero-order valence-electron chi connectivity index (χ0n) is 16.1. The van der Waals surface area contributed by atoms with Crippen LogP contribution in [0.2, 0.25) is 0 Å². The highest BCUT2D eigenvalue weighted by atomic mass is 19.4. The lowest BCUT2D eigenvalue weighted by atomic mass is 10.0. The maximum atomic E-state index is 12.9. The van der Waals surface area contributed by atoms with E-state index in [0.29, 0.717) is 28.1 Å². The molecule has 0 aliphatic carbocycles. The quantitative estimate of drug-likeness (QED) is 0.800. The van der Waals surface area contributed by atoms with Crippen molar-refractivity contribution in [3.8, 4) is 5.75 Å². The van der Waals surface area contributed by atoms with E-state index >= 15 is 0 Å². The maximum absolute atomic E-state index is 12.9. The molecule has 1 aliphatic rings. The smallest absolute Gasteiger partial charge is 0.406 e. The Morgan fingerprint density at radius 2 is 2.07 bits per heavy atom. The molecule has 6 nitrogen and oxygen atoms in total. The van der Waals surface area contributed by atoms with Gasteiger partial charge >= 0.3 is 6.36 Å². The molecule has 154 valence electrons. The first-order valence-electron chi connectivity index (χ1n) is 9.05. The van der Waals surface area contributed by atoms with Crippen LogP contribution < -0.4 is 10.1 Å². The number of benzene rings is 1. The summed E-state index contributed by atoms with van der Waals surface area (Å²) in [5.41, 5.74) is 2.06. The molecular formula is C20H20F3N3O3. The minimum atomic E-state index is -4.77. The molecule has 1 aliphatic heterocycles. The predicted octanol–water partition coefficient (Wildman–Crippen LogP) is 4.35. The molecule has 1 aromatic carbocycles. The summed E-state index contributed by atoms with van der Waals surface area (Å²) in [6.45, 7) is 5.26. The molecule has 2 amide bonds. The van der Waals surface area contributed by atoms with Crippen LogP contribution in [-0.2, 0) is 11.3 Å². The molecule has 0 saturated heterocycles. The zero-order chi connectivity index (χ0) is 21.3. The summed E-state index contributed by atoms with van der Waals surface area (Å²) in [4.78, 5) is 30.4. The Hall–Kier alpha value is -3.10. The number of fused-ring (bicyclic) bond motifs is 1. The highest BCUT2D eigenvalue weighted by molar-refractivity contribution is 6.01. The number of hydrogen-bond acceptors (Lipinski definition) is 4. The fourth-order valence-corrected chi connectivity index (χ4v) is 3.24. The number of anilines is 1. The largest absolute Gasteiger partial charge is 0.573 e. The fourth-order valence-electron chi connectivity index (χ4n) is 3.24. The molecular weight excluding hydrogens is 387 g/mol. The monoisotopic (exact) mass is 407 g/mol. The topological polar surface area (TPSA) is 71.5 Å². The van der Waals surface area contributed by atoms with Gasteiger partial charge in [0.1, 0.15) is 11.6 Å². The van der Waals surface area contributed by atoms with E-state index in [-0.39, 0.29) is 30.5 Å². The van der Waals surface area contributed by atoms with Gasteiger partial charge in [-0.05, 0) is 37.1 Å². The van der Waals surface area contributed by atoms with Crippen LogP contribution in [-0.4, -0.2) is 28.1 Å². The van der Waals surface area contributed by atoms with Gasteiger partial charge in [-0.15, -0.1) is 13.2 Å². The summed E-state index contributed by atoms with van der Waals surface area (Å²) >= 11 is 0. The van der Waals surface area contributed by atoms with Crippen molar-refractivity contribution < 1.29 is 27.5 Å². The second-order valence-corrected chi connectivity index (χ2v) is 6.77. The number of nitrogens with zero attached hydrogens (tertiary/aromatic N) is 2. The summed E-state index contributed by atoms with van der Waals surface area (Å²) in [6, 6.07) is 5.52. The number of nitrogens with one attached hydrogen (secondary N) is 1. The molecule has 0 spiro atoms. The molecule has 2 heterocycles. The van der Waals surface area contributed by atoms with Crippen molar-refractivity contribution in [3.05, 3.63) is 52.7 Å². The third-order valence-corrected chi connectivity index (χ3v) is 4.83. The van der Waals surface area contributed by atoms with Crippen LogP contribution in [0.25, 0.3) is 0 Å². The molecule has 0 saturated carbocycles. The van der Waals surface area contributed by atoms with Crippen LogP contribution in [0, 0.1) is 6.92 Å². The molecule has 29 heavy (non-hydrogen) atoms. The van der Waals surface area contributed by atoms with Gasteiger partial charge in [0.2, 0.25) is 5.91 Å². The number of aryl methyl sites for hydroxylation is 1. The lowest BCUT2D eigenvalue weighted by Gasteiger charge is -2.25. The van der Waals surface area contributed by atoms with E-state index in [1.165, 1.54) is 25.3 Å². The average Bonchev–Trinajstić information content (AvgIpc) is 2.99. The SMILES string of the molecule is CCC(=O)Nc1nccc2c1CN(C(C)c1ccc(OC(F)(F)F)c(C)c1)C2=O. The van der Waals surface area contributed by atoms with Gasteiger partial charge < -0.3 is 15.0 Å². The summed E-state index contributed by atoms with van der Waals surface area (Å²) in [5.74, 6) is -0.364. The van der Waals surface area contributed by atoms with Gasteiger partial charge in [-0.3, -0.25) is 9.59 Å². The maximum Gasteiger partial charge on any atom is 0.573 e. The molecule has 1 atom stereocenters. The molecule has 1 aromatic heterocycles. The van der Waals surface area contributed by atoms with Crippen LogP contribution in [0.4, 0.5) is 19.0 Å². The Kier molecular flexibility index (Phi) is 5.50. The van der Waals surface area contributed by atoms with E-state index in [4.69, 9.17) is 0 Å². The number of alkyl halides is 3. The van der Waals surface area contributed by atoms with Crippen molar-refractivity contribution in [2.45, 2.75) is 46.1 Å². The van der Waals surface area contributed by atoms with Crippen LogP contribution in [0.5, 0.6) is 5.75 Å². The van der Waals surface area contributed by atoms with Crippen molar-refractivity contribution >= 4 is 17.6 Å². The highest BCUT2D eigenvalue weighted by Gasteiger charge is 2.35. The molecule has 0 radical (unpaired) electrons. The summed E-state index contributed by atoms with van der Waals surface area (Å²) in [6.07, 6.45) is -3.02. The summed E-state index contributed by atoms with van der Waals surface area (Å²) < 4.78 is 41.4. The minimum Gasteiger partial charge on any atom is -0.406 e. The molecule has 0 fully saturated rings. The molecule has 0 bridgehead atoms. The van der Waals surface area contributed by atoms with Gasteiger partial charge in [0.25, 0.3) is 5.91 Å². The first-order chi connectivity index (χ1) is 13.6. The van der Waals surface area contributed by atoms with E-state index in [0.717, 1.165) is 0 Å². The van der Waals surface area contributed by atoms with Crippen molar-refractivity contribution in [3.63, 3.8) is 0 Å². The van der Waals surface area contributed by atoms with E-state index in [1.807, 2.05) is 0 Å². The molecule has 9 heteroatoms. The Labute approximate surface area is 165 Å². The lowest BCUT2D eigenvalue weighted by molar-refractivity contribution is -0.274. The Morgan fingerprint density at radius 3 is 2.69 bits per heavy atom. The zero-order valence-corrected chi connectivity index (χ0v) is 16.1. The number of halogens is 3. The van der Waals surface area contributed by atoms with E-state index in [1.54, 1.807) is 30.9 Å². The van der Waals surface area contributed by atoms with Crippen LogP contribution in [0.3, 0.4) is 0 Å². The van der Waals surface area contributed by atoms with E-state index in [9.17, 15) is 22.8 Å². The van der Waals surface area contributed by atoms with E-state index in [2.05, 4.69) is 15.0 Å². The number of rotatable bonds is 5. The van der Waals surface area contributed by atoms with Crippen LogP contribution in [0.1, 0.15) is 53.4 Å². The molecule has 3 rings (SSSR count). The summed E-state index contributed by atoms with van der Waals surface area (Å²) in [5, 5.41) is 2.70. The Morgan fingerprint density at radius 1 is 1.34 bits per heavy atom. The van der Waals surface area contributed by atoms with Crippen LogP contribution >= 0.6 is 0 Å². The van der Waals surface area contributed by atoms with Crippen molar-refractivity contribution in [2.75, 3.05) is 5.32 Å². The summed E-state index contributed by atoms with van der Waals surface area (Å²) in [7, 11) is 0. The van der Waals surface area contributed by atoms with Gasteiger partial charge in [-0.2, -0.15) is 0 Å². The van der Waals surface area contributed by atoms with Crippen molar-refractivity contribution in [1.29, 1.82) is 0 Å². The molecule has 1 N–H and O–H groups in total. The molecule has 2 aromatic rings. The fraction of sp³-hybridized carbons (Fsp3) is 0.350. The average molecular weight is 407 g/mol. The number of carbonyl (C=O) groups is 2. The third-order valence-electron chi connectivity index (χ3n) is 4.83. The van der Waals surface area contributed by atoms with Gasteiger partial charge in [-0.25, -0.2) is 4.98 Å². The molecule has 1 unspecified atom stereocenters. The van der Waals surface area contributed by atoms with Gasteiger partial charge in [0.05, 0.1) is 12.6 Å². The van der Waals surface area contributed by atoms with Gasteiger partial charge in [0.15, 0.2) is 0 Å².